The summed E-state index contributed by atoms with van der Waals surface area (Å²) in [6, 6.07) is 22.3. The van der Waals surface area contributed by atoms with E-state index in [9.17, 15) is 0 Å². The van der Waals surface area contributed by atoms with Crippen LogP contribution in [0, 0.1) is 11.8 Å². The van der Waals surface area contributed by atoms with E-state index in [1.807, 2.05) is 22.7 Å². The van der Waals surface area contributed by atoms with E-state index in [2.05, 4.69) is 123 Å². The third-order valence-corrected chi connectivity index (χ3v) is 13.6. The fourth-order valence-electron chi connectivity index (χ4n) is 6.63. The molecular formula is C44H50N2S4. The molecule has 50 heavy (non-hydrogen) atoms. The molecule has 0 amide bonds. The highest BCUT2D eigenvalue weighted by atomic mass is 32.1. The largest absolute Gasteiger partial charge is 0.244 e. The van der Waals surface area contributed by atoms with Gasteiger partial charge in [0.15, 0.2) is 0 Å². The quantitative estimate of drug-likeness (QED) is 0.0879. The molecule has 0 aliphatic carbocycles. The maximum atomic E-state index is 5.43. The van der Waals surface area contributed by atoms with Crippen LogP contribution in [0.25, 0.3) is 56.2 Å². The Hall–Kier alpha value is -3.16. The summed E-state index contributed by atoms with van der Waals surface area (Å²) in [5, 5.41) is 4.28. The van der Waals surface area contributed by atoms with Crippen molar-refractivity contribution in [1.82, 2.24) is 9.97 Å². The van der Waals surface area contributed by atoms with Gasteiger partial charge in [0.05, 0.1) is 22.4 Å². The lowest BCUT2D eigenvalue weighted by Crippen LogP contribution is -2.01. The third kappa shape index (κ3) is 9.38. The minimum atomic E-state index is 0.767. The summed E-state index contributed by atoms with van der Waals surface area (Å²) < 4.78 is 0. The van der Waals surface area contributed by atoms with Gasteiger partial charge in [-0.2, -0.15) is 0 Å². The molecule has 5 aromatic heterocycles. The SMILES string of the molecule is CCCCC(CC)Cc1ccc(/C=C/c2nc3c(-c4cccs4)ccc(-c4cccs4)c3nc2/C=C/c2ccc(CC(CC)CCCC)s2)s1. The molecule has 0 aliphatic heterocycles. The highest BCUT2D eigenvalue weighted by Crippen LogP contribution is 2.38. The van der Waals surface area contributed by atoms with E-state index in [4.69, 9.17) is 9.97 Å². The van der Waals surface area contributed by atoms with Gasteiger partial charge in [0.1, 0.15) is 0 Å². The van der Waals surface area contributed by atoms with Crippen molar-refractivity contribution in [3.8, 4) is 20.9 Å². The van der Waals surface area contributed by atoms with Crippen molar-refractivity contribution in [3.05, 3.63) is 102 Å². The van der Waals surface area contributed by atoms with Gasteiger partial charge < -0.3 is 0 Å². The molecular weight excluding hydrogens is 685 g/mol. The first-order valence-corrected chi connectivity index (χ1v) is 21.9. The van der Waals surface area contributed by atoms with Crippen molar-refractivity contribution >= 4 is 80.7 Å². The minimum Gasteiger partial charge on any atom is -0.244 e. The van der Waals surface area contributed by atoms with E-state index >= 15 is 0 Å². The molecule has 0 aliphatic rings. The van der Waals surface area contributed by atoms with Crippen molar-refractivity contribution in [2.24, 2.45) is 11.8 Å². The number of hydrogen-bond acceptors (Lipinski definition) is 6. The number of fused-ring (bicyclic) bond motifs is 1. The first-order valence-electron chi connectivity index (χ1n) is 18.5. The summed E-state index contributed by atoms with van der Waals surface area (Å²) in [4.78, 5) is 18.8. The van der Waals surface area contributed by atoms with Gasteiger partial charge in [-0.3, -0.25) is 0 Å². The average Bonchev–Trinajstić information content (AvgIpc) is 3.98. The molecule has 2 nitrogen and oxygen atoms in total. The number of hydrogen-bond donors (Lipinski definition) is 0. The molecule has 0 saturated carbocycles. The lowest BCUT2D eigenvalue weighted by molar-refractivity contribution is 0.452. The van der Waals surface area contributed by atoms with Crippen molar-refractivity contribution in [2.75, 3.05) is 0 Å². The van der Waals surface area contributed by atoms with E-state index in [1.165, 1.54) is 93.5 Å². The van der Waals surface area contributed by atoms with Gasteiger partial charge in [0.2, 0.25) is 0 Å². The van der Waals surface area contributed by atoms with Gasteiger partial charge in [-0.1, -0.05) is 103 Å². The van der Waals surface area contributed by atoms with Crippen LogP contribution >= 0.6 is 45.3 Å². The predicted molar refractivity (Wildman–Crippen MR) is 227 cm³/mol. The monoisotopic (exact) mass is 734 g/mol. The van der Waals surface area contributed by atoms with E-state index in [1.54, 1.807) is 22.7 Å². The van der Waals surface area contributed by atoms with Crippen LogP contribution in [0.15, 0.2) is 71.4 Å². The normalized spacial score (nSPS) is 13.3. The van der Waals surface area contributed by atoms with Crippen molar-refractivity contribution in [3.63, 3.8) is 0 Å². The molecule has 0 bridgehead atoms. The van der Waals surface area contributed by atoms with Gasteiger partial charge in [-0.15, -0.1) is 45.3 Å². The Morgan fingerprint density at radius 3 is 1.40 bits per heavy atom. The summed E-state index contributed by atoms with van der Waals surface area (Å²) >= 11 is 7.34. The molecule has 6 rings (SSSR count). The fourth-order valence-corrected chi connectivity index (χ4v) is 10.2. The average molecular weight is 735 g/mol. The molecule has 1 aromatic carbocycles. The van der Waals surface area contributed by atoms with Gasteiger partial charge in [0, 0.05) is 40.4 Å². The Morgan fingerprint density at radius 2 is 1.02 bits per heavy atom. The molecule has 0 fully saturated rings. The zero-order chi connectivity index (χ0) is 34.7. The first-order chi connectivity index (χ1) is 24.6. The summed E-state index contributed by atoms with van der Waals surface area (Å²) in [5.74, 6) is 1.53. The molecule has 0 saturated heterocycles. The standard InChI is InChI=1S/C44H50N2S4/c1-5-9-13-31(7-3)29-35-19-17-33(49-35)21-25-39-40(26-22-34-18-20-36(50-34)30-32(8-4)14-10-6-2)46-44-38(42-16-12-28-48-42)24-23-37(43(44)45-39)41-15-11-27-47-41/h11-12,15-28,31-32H,5-10,13-14,29-30H2,1-4H3/b25-21+,26-22+. The second kappa shape index (κ2) is 18.4. The minimum absolute atomic E-state index is 0.767. The number of benzene rings is 1. The van der Waals surface area contributed by atoms with E-state index < -0.39 is 0 Å². The second-order valence-electron chi connectivity index (χ2n) is 13.3. The summed E-state index contributed by atoms with van der Waals surface area (Å²) in [6.45, 7) is 9.26. The van der Waals surface area contributed by atoms with Crippen LogP contribution in [-0.4, -0.2) is 9.97 Å². The zero-order valence-electron chi connectivity index (χ0n) is 30.0. The number of unbranched alkanes of at least 4 members (excludes halogenated alkanes) is 2. The van der Waals surface area contributed by atoms with Gasteiger partial charge >= 0.3 is 0 Å². The van der Waals surface area contributed by atoms with E-state index in [0.717, 1.165) is 45.4 Å². The Morgan fingerprint density at radius 1 is 0.560 bits per heavy atom. The molecule has 0 spiro atoms. The molecule has 6 aromatic rings. The zero-order valence-corrected chi connectivity index (χ0v) is 33.3. The Kier molecular flexibility index (Phi) is 13.5. The van der Waals surface area contributed by atoms with Gasteiger partial charge in [0.25, 0.3) is 0 Å². The highest BCUT2D eigenvalue weighted by Gasteiger charge is 2.17. The van der Waals surface area contributed by atoms with Crippen LogP contribution in [0.3, 0.4) is 0 Å². The van der Waals surface area contributed by atoms with E-state index in [-0.39, 0.29) is 0 Å². The summed E-state index contributed by atoms with van der Waals surface area (Å²) in [7, 11) is 0. The van der Waals surface area contributed by atoms with Crippen molar-refractivity contribution in [1.29, 1.82) is 0 Å². The molecule has 6 heteroatoms. The number of aromatic nitrogens is 2. The fraction of sp³-hybridized carbons (Fsp3) is 0.364. The Balaban J connectivity index is 1.38. The molecule has 2 unspecified atom stereocenters. The smallest absolute Gasteiger partial charge is 0.0987 e. The van der Waals surface area contributed by atoms with Crippen molar-refractivity contribution < 1.29 is 0 Å². The number of nitrogens with zero attached hydrogens (tertiary/aromatic N) is 2. The Labute approximate surface area is 315 Å². The van der Waals surface area contributed by atoms with Crippen LogP contribution in [0.5, 0.6) is 0 Å². The van der Waals surface area contributed by atoms with Gasteiger partial charge in [-0.05, 0) is 96.1 Å². The lowest BCUT2D eigenvalue weighted by Gasteiger charge is -2.12. The van der Waals surface area contributed by atoms with Crippen molar-refractivity contribution in [2.45, 2.75) is 91.9 Å². The van der Waals surface area contributed by atoms with Crippen LogP contribution < -0.4 is 0 Å². The molecule has 0 radical (unpaired) electrons. The lowest BCUT2D eigenvalue weighted by atomic mass is 9.95. The second-order valence-corrected chi connectivity index (χ2v) is 17.6. The molecule has 260 valence electrons. The maximum Gasteiger partial charge on any atom is 0.0987 e. The first kappa shape index (κ1) is 36.6. The summed E-state index contributed by atoms with van der Waals surface area (Å²) in [6.07, 6.45) is 21.5. The summed E-state index contributed by atoms with van der Waals surface area (Å²) in [5.41, 5.74) is 6.00. The predicted octanol–water partition coefficient (Wildman–Crippen LogP) is 15.1. The van der Waals surface area contributed by atoms with E-state index in [0.29, 0.717) is 0 Å². The van der Waals surface area contributed by atoms with Crippen LogP contribution in [-0.2, 0) is 12.8 Å². The van der Waals surface area contributed by atoms with Gasteiger partial charge in [-0.25, -0.2) is 9.97 Å². The highest BCUT2D eigenvalue weighted by molar-refractivity contribution is 7.14. The van der Waals surface area contributed by atoms with Crippen LogP contribution in [0.2, 0.25) is 0 Å². The number of rotatable bonds is 18. The molecule has 2 atom stereocenters. The Bertz CT molecular complexity index is 1830. The van der Waals surface area contributed by atoms with Crippen LogP contribution in [0.1, 0.15) is 110 Å². The molecule has 5 heterocycles. The molecule has 0 N–H and O–H groups in total. The number of thiophene rings is 4. The van der Waals surface area contributed by atoms with Crippen LogP contribution in [0.4, 0.5) is 0 Å². The topological polar surface area (TPSA) is 25.8 Å². The third-order valence-electron chi connectivity index (χ3n) is 9.69. The maximum absolute atomic E-state index is 5.43.